The summed E-state index contributed by atoms with van der Waals surface area (Å²) in [6.45, 7) is 0.905. The molecule has 3 N–H and O–H groups in total. The van der Waals surface area contributed by atoms with Crippen LogP contribution in [0.15, 0.2) is 48.5 Å². The number of benzene rings is 2. The van der Waals surface area contributed by atoms with E-state index in [9.17, 15) is 22.8 Å². The zero-order valence-electron chi connectivity index (χ0n) is 16.0. The molecule has 3 rings (SSSR count). The standard InChI is InChI=1S/C21H21ClF3N3O2/c22-16-6-4-13(5-7-16)12-28-9-8-17(19(28)26)18(29)11-27-20(30)14-2-1-3-15(10-14)21(23,24)25/h1-7,10,17,19H,8-9,11-12,26H2,(H,27,30). The van der Waals surface area contributed by atoms with Crippen molar-refractivity contribution in [1.29, 1.82) is 0 Å². The van der Waals surface area contributed by atoms with Gasteiger partial charge in [0, 0.05) is 29.6 Å². The van der Waals surface area contributed by atoms with Gasteiger partial charge in [0.25, 0.3) is 5.91 Å². The van der Waals surface area contributed by atoms with Gasteiger partial charge in [0.05, 0.1) is 18.3 Å². The van der Waals surface area contributed by atoms with Crippen molar-refractivity contribution >= 4 is 23.3 Å². The molecule has 2 unspecified atom stereocenters. The summed E-state index contributed by atoms with van der Waals surface area (Å²) >= 11 is 5.88. The predicted octanol–water partition coefficient (Wildman–Crippen LogP) is 3.46. The number of carbonyl (C=O) groups is 2. The minimum atomic E-state index is -4.55. The third kappa shape index (κ3) is 5.38. The number of rotatable bonds is 6. The first-order chi connectivity index (χ1) is 14.1. The Balaban J connectivity index is 1.55. The molecule has 0 spiro atoms. The van der Waals surface area contributed by atoms with Crippen LogP contribution in [0.1, 0.15) is 27.9 Å². The molecule has 0 aliphatic carbocycles. The molecule has 0 radical (unpaired) electrons. The fourth-order valence-corrected chi connectivity index (χ4v) is 3.60. The Morgan fingerprint density at radius 2 is 1.87 bits per heavy atom. The Morgan fingerprint density at radius 1 is 1.17 bits per heavy atom. The molecule has 9 heteroatoms. The van der Waals surface area contributed by atoms with Crippen LogP contribution in [0.4, 0.5) is 13.2 Å². The quantitative estimate of drug-likeness (QED) is 0.722. The number of hydrogen-bond acceptors (Lipinski definition) is 4. The number of nitrogens with two attached hydrogens (primary N) is 1. The first kappa shape index (κ1) is 22.3. The van der Waals surface area contributed by atoms with Crippen molar-refractivity contribution in [2.45, 2.75) is 25.3 Å². The molecular formula is C21H21ClF3N3O2. The number of halogens is 4. The van der Waals surface area contributed by atoms with Crippen molar-refractivity contribution in [2.24, 2.45) is 11.7 Å². The molecule has 1 heterocycles. The number of amides is 1. The molecule has 2 aromatic carbocycles. The Labute approximate surface area is 177 Å². The Morgan fingerprint density at radius 3 is 2.53 bits per heavy atom. The summed E-state index contributed by atoms with van der Waals surface area (Å²) in [6.07, 6.45) is -4.50. The van der Waals surface area contributed by atoms with Crippen molar-refractivity contribution in [3.8, 4) is 0 Å². The number of alkyl halides is 3. The van der Waals surface area contributed by atoms with Gasteiger partial charge >= 0.3 is 6.18 Å². The van der Waals surface area contributed by atoms with E-state index in [4.69, 9.17) is 17.3 Å². The van der Waals surface area contributed by atoms with Gasteiger partial charge in [-0.3, -0.25) is 14.5 Å². The molecule has 1 aliphatic rings. The van der Waals surface area contributed by atoms with Crippen molar-refractivity contribution in [3.05, 3.63) is 70.2 Å². The second-order valence-electron chi connectivity index (χ2n) is 7.21. The van der Waals surface area contributed by atoms with E-state index in [2.05, 4.69) is 5.32 Å². The van der Waals surface area contributed by atoms with Crippen molar-refractivity contribution in [2.75, 3.05) is 13.1 Å². The zero-order chi connectivity index (χ0) is 21.9. The normalized spacial score (nSPS) is 19.6. The average molecular weight is 440 g/mol. The Bertz CT molecular complexity index is 918. The summed E-state index contributed by atoms with van der Waals surface area (Å²) < 4.78 is 38.4. The van der Waals surface area contributed by atoms with Crippen LogP contribution in [-0.2, 0) is 17.5 Å². The smallest absolute Gasteiger partial charge is 0.345 e. The maximum Gasteiger partial charge on any atom is 0.416 e. The predicted molar refractivity (Wildman–Crippen MR) is 107 cm³/mol. The van der Waals surface area contributed by atoms with E-state index in [1.54, 1.807) is 12.1 Å². The average Bonchev–Trinajstić information content (AvgIpc) is 3.07. The van der Waals surface area contributed by atoms with E-state index in [0.29, 0.717) is 24.5 Å². The second kappa shape index (κ2) is 9.16. The first-order valence-corrected chi connectivity index (χ1v) is 9.75. The SMILES string of the molecule is NC1C(C(=O)CNC(=O)c2cccc(C(F)(F)F)c2)CCN1Cc1ccc(Cl)cc1. The number of nitrogens with zero attached hydrogens (tertiary/aromatic N) is 1. The van der Waals surface area contributed by atoms with Crippen LogP contribution in [0.3, 0.4) is 0 Å². The van der Waals surface area contributed by atoms with E-state index in [0.717, 1.165) is 23.8 Å². The van der Waals surface area contributed by atoms with Crippen molar-refractivity contribution in [1.82, 2.24) is 10.2 Å². The van der Waals surface area contributed by atoms with Gasteiger partial charge < -0.3 is 11.1 Å². The molecule has 1 fully saturated rings. The summed E-state index contributed by atoms with van der Waals surface area (Å²) in [5.41, 5.74) is 6.17. The van der Waals surface area contributed by atoms with Crippen LogP contribution in [0, 0.1) is 5.92 Å². The molecular weight excluding hydrogens is 419 g/mol. The lowest BCUT2D eigenvalue weighted by Crippen LogP contribution is -2.44. The van der Waals surface area contributed by atoms with Gasteiger partial charge in [-0.1, -0.05) is 29.8 Å². The number of Topliss-reactive ketones (excluding diaryl/α,β-unsaturated/α-hetero) is 1. The van der Waals surface area contributed by atoms with Gasteiger partial charge in [0.1, 0.15) is 0 Å². The third-order valence-corrected chi connectivity index (χ3v) is 5.40. The summed E-state index contributed by atoms with van der Waals surface area (Å²) in [7, 11) is 0. The van der Waals surface area contributed by atoms with Gasteiger partial charge in [0.15, 0.2) is 5.78 Å². The lowest BCUT2D eigenvalue weighted by molar-refractivity contribution is -0.137. The topological polar surface area (TPSA) is 75.4 Å². The third-order valence-electron chi connectivity index (χ3n) is 5.15. The fourth-order valence-electron chi connectivity index (χ4n) is 3.48. The molecule has 1 aliphatic heterocycles. The lowest BCUT2D eigenvalue weighted by atomic mass is 10.0. The second-order valence-corrected chi connectivity index (χ2v) is 7.65. The van der Waals surface area contributed by atoms with Crippen LogP contribution in [0.25, 0.3) is 0 Å². The maximum atomic E-state index is 12.8. The van der Waals surface area contributed by atoms with E-state index >= 15 is 0 Å². The van der Waals surface area contributed by atoms with Gasteiger partial charge in [-0.15, -0.1) is 0 Å². The number of ketones is 1. The number of likely N-dealkylation sites (tertiary alicyclic amines) is 1. The molecule has 1 saturated heterocycles. The lowest BCUT2D eigenvalue weighted by Gasteiger charge is -2.24. The molecule has 0 bridgehead atoms. The molecule has 0 aromatic heterocycles. The van der Waals surface area contributed by atoms with Crippen molar-refractivity contribution < 1.29 is 22.8 Å². The van der Waals surface area contributed by atoms with Gasteiger partial charge in [-0.05, 0) is 42.3 Å². The number of carbonyl (C=O) groups excluding carboxylic acids is 2. The largest absolute Gasteiger partial charge is 0.416 e. The Hall–Kier alpha value is -2.42. The Kier molecular flexibility index (Phi) is 6.80. The molecule has 1 amide bonds. The molecule has 5 nitrogen and oxygen atoms in total. The zero-order valence-corrected chi connectivity index (χ0v) is 16.7. The minimum absolute atomic E-state index is 0.155. The molecule has 2 aromatic rings. The van der Waals surface area contributed by atoms with Gasteiger partial charge in [-0.2, -0.15) is 13.2 Å². The first-order valence-electron chi connectivity index (χ1n) is 9.37. The van der Waals surface area contributed by atoms with Gasteiger partial charge in [-0.25, -0.2) is 0 Å². The van der Waals surface area contributed by atoms with Crippen LogP contribution < -0.4 is 11.1 Å². The number of nitrogens with one attached hydrogen (secondary N) is 1. The van der Waals surface area contributed by atoms with Crippen LogP contribution in [0.2, 0.25) is 5.02 Å². The van der Waals surface area contributed by atoms with Crippen molar-refractivity contribution in [3.63, 3.8) is 0 Å². The van der Waals surface area contributed by atoms with Crippen LogP contribution in [-0.4, -0.2) is 35.8 Å². The maximum absolute atomic E-state index is 12.8. The van der Waals surface area contributed by atoms with Gasteiger partial charge in [0.2, 0.25) is 0 Å². The molecule has 2 atom stereocenters. The molecule has 30 heavy (non-hydrogen) atoms. The summed E-state index contributed by atoms with van der Waals surface area (Å²) in [6, 6.07) is 11.4. The monoisotopic (exact) mass is 439 g/mol. The summed E-state index contributed by atoms with van der Waals surface area (Å²) in [5.74, 6) is -1.44. The fraction of sp³-hybridized carbons (Fsp3) is 0.333. The summed E-state index contributed by atoms with van der Waals surface area (Å²) in [5, 5.41) is 3.03. The van der Waals surface area contributed by atoms with E-state index in [1.807, 2.05) is 17.0 Å². The van der Waals surface area contributed by atoms with E-state index in [-0.39, 0.29) is 17.9 Å². The van der Waals surface area contributed by atoms with E-state index in [1.165, 1.54) is 6.07 Å². The molecule has 0 saturated carbocycles. The highest BCUT2D eigenvalue weighted by Gasteiger charge is 2.36. The van der Waals surface area contributed by atoms with Crippen LogP contribution >= 0.6 is 11.6 Å². The number of hydrogen-bond donors (Lipinski definition) is 2. The highest BCUT2D eigenvalue weighted by atomic mass is 35.5. The minimum Gasteiger partial charge on any atom is -0.345 e. The highest BCUT2D eigenvalue weighted by molar-refractivity contribution is 6.30. The van der Waals surface area contributed by atoms with Crippen LogP contribution in [0.5, 0.6) is 0 Å². The molecule has 160 valence electrons. The summed E-state index contributed by atoms with van der Waals surface area (Å²) in [4.78, 5) is 26.7. The highest BCUT2D eigenvalue weighted by Crippen LogP contribution is 2.29. The van der Waals surface area contributed by atoms with E-state index < -0.39 is 29.7 Å².